The van der Waals surface area contributed by atoms with Crippen LogP contribution in [0.4, 0.5) is 0 Å². The first kappa shape index (κ1) is 16.4. The van der Waals surface area contributed by atoms with Crippen LogP contribution in [0.1, 0.15) is 11.1 Å². The number of carbonyl (C=O) groups is 1. The Bertz CT molecular complexity index is 682. The van der Waals surface area contributed by atoms with E-state index >= 15 is 0 Å². The largest absolute Gasteiger partial charge is 0.497 e. The molecule has 2 aromatic carbocycles. The predicted molar refractivity (Wildman–Crippen MR) is 90.3 cm³/mol. The molecule has 114 valence electrons. The predicted octanol–water partition coefficient (Wildman–Crippen LogP) is 4.33. The molecule has 1 amide bonds. The van der Waals surface area contributed by atoms with Crippen LogP contribution in [0.3, 0.4) is 0 Å². The third-order valence-electron chi connectivity index (χ3n) is 3.00. The molecule has 0 atom stereocenters. The lowest BCUT2D eigenvalue weighted by Gasteiger charge is -2.04. The molecule has 0 unspecified atom stereocenters. The van der Waals surface area contributed by atoms with Gasteiger partial charge >= 0.3 is 0 Å². The van der Waals surface area contributed by atoms with E-state index < -0.39 is 0 Å². The molecule has 0 aliphatic heterocycles. The lowest BCUT2D eigenvalue weighted by molar-refractivity contribution is -0.116. The van der Waals surface area contributed by atoms with Crippen LogP contribution in [-0.2, 0) is 11.3 Å². The van der Waals surface area contributed by atoms with Crippen molar-refractivity contribution in [1.82, 2.24) is 5.32 Å². The number of amides is 1. The van der Waals surface area contributed by atoms with Gasteiger partial charge in [0, 0.05) is 12.6 Å². The van der Waals surface area contributed by atoms with Gasteiger partial charge in [-0.3, -0.25) is 4.79 Å². The first-order chi connectivity index (χ1) is 10.6. The second-order valence-electron chi connectivity index (χ2n) is 4.57. The summed E-state index contributed by atoms with van der Waals surface area (Å²) in [7, 11) is 1.62. The number of ether oxygens (including phenoxy) is 1. The van der Waals surface area contributed by atoms with E-state index in [1.165, 1.54) is 6.08 Å². The van der Waals surface area contributed by atoms with E-state index in [2.05, 4.69) is 5.32 Å². The highest BCUT2D eigenvalue weighted by atomic mass is 35.5. The van der Waals surface area contributed by atoms with Crippen LogP contribution >= 0.6 is 23.2 Å². The Morgan fingerprint density at radius 1 is 1.14 bits per heavy atom. The molecule has 0 radical (unpaired) electrons. The van der Waals surface area contributed by atoms with E-state index in [1.807, 2.05) is 24.3 Å². The second-order valence-corrected chi connectivity index (χ2v) is 5.39. The van der Waals surface area contributed by atoms with Gasteiger partial charge in [0.1, 0.15) is 5.75 Å². The quantitative estimate of drug-likeness (QED) is 0.826. The maximum Gasteiger partial charge on any atom is 0.244 e. The van der Waals surface area contributed by atoms with Gasteiger partial charge in [-0.05, 0) is 41.5 Å². The highest BCUT2D eigenvalue weighted by Crippen LogP contribution is 2.23. The number of benzene rings is 2. The second kappa shape index (κ2) is 7.87. The third kappa shape index (κ3) is 4.79. The first-order valence-electron chi connectivity index (χ1n) is 6.62. The van der Waals surface area contributed by atoms with Crippen LogP contribution < -0.4 is 10.1 Å². The minimum Gasteiger partial charge on any atom is -0.497 e. The third-order valence-corrected chi connectivity index (χ3v) is 3.74. The summed E-state index contributed by atoms with van der Waals surface area (Å²) in [6, 6.07) is 12.7. The van der Waals surface area contributed by atoms with Crippen LogP contribution in [0.25, 0.3) is 6.08 Å². The van der Waals surface area contributed by atoms with Crippen molar-refractivity contribution in [2.24, 2.45) is 0 Å². The number of carbonyl (C=O) groups excluding carboxylic acids is 1. The molecule has 0 aromatic heterocycles. The number of nitrogens with one attached hydrogen (secondary N) is 1. The van der Waals surface area contributed by atoms with Gasteiger partial charge in [0.05, 0.1) is 17.2 Å². The molecule has 22 heavy (non-hydrogen) atoms. The fourth-order valence-electron chi connectivity index (χ4n) is 1.78. The van der Waals surface area contributed by atoms with Crippen molar-refractivity contribution in [2.45, 2.75) is 6.54 Å². The SMILES string of the molecule is COc1ccc(CNC(=O)/C=C/c2ccc(Cl)c(Cl)c2)cc1. The monoisotopic (exact) mass is 335 g/mol. The number of rotatable bonds is 5. The maximum atomic E-state index is 11.8. The topological polar surface area (TPSA) is 38.3 Å². The van der Waals surface area contributed by atoms with E-state index in [9.17, 15) is 4.79 Å². The molecule has 0 aliphatic carbocycles. The molecule has 0 saturated heterocycles. The van der Waals surface area contributed by atoms with Gasteiger partial charge in [-0.15, -0.1) is 0 Å². The number of hydrogen-bond donors (Lipinski definition) is 1. The fourth-order valence-corrected chi connectivity index (χ4v) is 2.09. The molecule has 0 aliphatic rings. The summed E-state index contributed by atoms with van der Waals surface area (Å²) in [5.41, 5.74) is 1.81. The van der Waals surface area contributed by atoms with Crippen molar-refractivity contribution in [2.75, 3.05) is 7.11 Å². The highest BCUT2D eigenvalue weighted by molar-refractivity contribution is 6.42. The number of hydrogen-bond acceptors (Lipinski definition) is 2. The van der Waals surface area contributed by atoms with E-state index in [0.29, 0.717) is 16.6 Å². The Hall–Kier alpha value is -1.97. The fraction of sp³-hybridized carbons (Fsp3) is 0.118. The molecule has 0 fully saturated rings. The van der Waals surface area contributed by atoms with Gasteiger partial charge in [0.2, 0.25) is 5.91 Å². The van der Waals surface area contributed by atoms with Crippen molar-refractivity contribution in [3.63, 3.8) is 0 Å². The first-order valence-corrected chi connectivity index (χ1v) is 7.38. The highest BCUT2D eigenvalue weighted by Gasteiger charge is 2.00. The van der Waals surface area contributed by atoms with Crippen LogP contribution in [0.5, 0.6) is 5.75 Å². The smallest absolute Gasteiger partial charge is 0.244 e. The summed E-state index contributed by atoms with van der Waals surface area (Å²) in [5.74, 6) is 0.608. The van der Waals surface area contributed by atoms with Gasteiger partial charge in [0.25, 0.3) is 0 Å². The van der Waals surface area contributed by atoms with Crippen LogP contribution in [0.2, 0.25) is 10.0 Å². The molecular formula is C17H15Cl2NO2. The van der Waals surface area contributed by atoms with Gasteiger partial charge < -0.3 is 10.1 Å². The summed E-state index contributed by atoms with van der Waals surface area (Å²) in [6.45, 7) is 0.453. The maximum absolute atomic E-state index is 11.8. The number of methoxy groups -OCH3 is 1. The van der Waals surface area contributed by atoms with Gasteiger partial charge in [-0.25, -0.2) is 0 Å². The van der Waals surface area contributed by atoms with Crippen molar-refractivity contribution in [3.8, 4) is 5.75 Å². The van der Waals surface area contributed by atoms with E-state index in [1.54, 1.807) is 31.4 Å². The van der Waals surface area contributed by atoms with Crippen LogP contribution in [-0.4, -0.2) is 13.0 Å². The molecule has 0 saturated carbocycles. The Morgan fingerprint density at radius 2 is 1.86 bits per heavy atom. The zero-order valence-electron chi connectivity index (χ0n) is 12.0. The summed E-state index contributed by atoms with van der Waals surface area (Å²) >= 11 is 11.8. The minimum atomic E-state index is -0.179. The normalized spacial score (nSPS) is 10.7. The van der Waals surface area contributed by atoms with E-state index in [0.717, 1.165) is 16.9 Å². The molecule has 0 heterocycles. The van der Waals surface area contributed by atoms with Crippen LogP contribution in [0, 0.1) is 0 Å². The Kier molecular flexibility index (Phi) is 5.87. The molecule has 0 spiro atoms. The summed E-state index contributed by atoms with van der Waals surface area (Å²) in [4.78, 5) is 11.8. The van der Waals surface area contributed by atoms with E-state index in [-0.39, 0.29) is 5.91 Å². The molecular weight excluding hydrogens is 321 g/mol. The van der Waals surface area contributed by atoms with Crippen LogP contribution in [0.15, 0.2) is 48.5 Å². The average molecular weight is 336 g/mol. The molecule has 2 aromatic rings. The standard InChI is InChI=1S/C17H15Cl2NO2/c1-22-14-6-2-13(3-7-14)11-20-17(21)9-5-12-4-8-15(18)16(19)10-12/h2-10H,11H2,1H3,(H,20,21)/b9-5+. The van der Waals surface area contributed by atoms with Gasteiger partial charge in [0.15, 0.2) is 0 Å². The molecule has 2 rings (SSSR count). The zero-order chi connectivity index (χ0) is 15.9. The summed E-state index contributed by atoms with van der Waals surface area (Å²) in [6.07, 6.45) is 3.15. The van der Waals surface area contributed by atoms with Crippen molar-refractivity contribution >= 4 is 35.2 Å². The van der Waals surface area contributed by atoms with E-state index in [4.69, 9.17) is 27.9 Å². The lowest BCUT2D eigenvalue weighted by Crippen LogP contribution is -2.20. The minimum absolute atomic E-state index is 0.179. The number of halogens is 2. The van der Waals surface area contributed by atoms with Crippen molar-refractivity contribution in [1.29, 1.82) is 0 Å². The molecule has 5 heteroatoms. The molecule has 1 N–H and O–H groups in total. The summed E-state index contributed by atoms with van der Waals surface area (Å²) < 4.78 is 5.08. The van der Waals surface area contributed by atoms with Crippen molar-refractivity contribution < 1.29 is 9.53 Å². The Morgan fingerprint density at radius 3 is 2.50 bits per heavy atom. The summed E-state index contributed by atoms with van der Waals surface area (Å²) in [5, 5.41) is 3.76. The molecule has 0 bridgehead atoms. The average Bonchev–Trinajstić information content (AvgIpc) is 2.54. The Labute approximate surface area is 139 Å². The molecule has 3 nitrogen and oxygen atoms in total. The lowest BCUT2D eigenvalue weighted by atomic mass is 10.2. The van der Waals surface area contributed by atoms with Gasteiger partial charge in [-0.2, -0.15) is 0 Å². The van der Waals surface area contributed by atoms with Gasteiger partial charge in [-0.1, -0.05) is 41.4 Å². The van der Waals surface area contributed by atoms with Crippen molar-refractivity contribution in [3.05, 3.63) is 69.7 Å². The zero-order valence-corrected chi connectivity index (χ0v) is 13.5. The Balaban J connectivity index is 1.89.